The molecule has 0 radical (unpaired) electrons. The zero-order valence-corrected chi connectivity index (χ0v) is 15.6. The highest BCUT2D eigenvalue weighted by molar-refractivity contribution is 6.31. The lowest BCUT2D eigenvalue weighted by atomic mass is 9.84. The number of carboxylic acids is 1. The average molecular weight is 376 g/mol. The van der Waals surface area contributed by atoms with E-state index in [2.05, 4.69) is 12.0 Å². The molecule has 26 heavy (non-hydrogen) atoms. The van der Waals surface area contributed by atoms with E-state index in [1.54, 1.807) is 13.1 Å². The summed E-state index contributed by atoms with van der Waals surface area (Å²) in [4.78, 5) is 25.4. The van der Waals surface area contributed by atoms with E-state index in [1.807, 2.05) is 23.1 Å². The van der Waals surface area contributed by atoms with Crippen molar-refractivity contribution in [2.75, 3.05) is 18.0 Å². The fourth-order valence-corrected chi connectivity index (χ4v) is 3.78. The maximum Gasteiger partial charge on any atom is 0.308 e. The Balaban J connectivity index is 1.95. The molecule has 1 aromatic heterocycles. The molecule has 0 unspecified atom stereocenters. The van der Waals surface area contributed by atoms with E-state index < -0.39 is 11.9 Å². The van der Waals surface area contributed by atoms with Crippen LogP contribution in [0.15, 0.2) is 51.3 Å². The standard InChI is InChI=1S/C19H22ClN3O3/c1-12-4-3-5-13(20)6-7-14(12)15-10-23(11-16(15)19(25)26)17-8-9-18(24)22(2)21-17/h5-9,15-16H,3-4,10-11H2,1-2H3,(H,25,26)/t15-,16+/m0/s1. The zero-order chi connectivity index (χ0) is 18.8. The van der Waals surface area contributed by atoms with Gasteiger partial charge in [0.25, 0.3) is 5.56 Å². The first-order chi connectivity index (χ1) is 12.4. The first-order valence-electron chi connectivity index (χ1n) is 8.62. The van der Waals surface area contributed by atoms with Gasteiger partial charge in [-0.1, -0.05) is 29.3 Å². The van der Waals surface area contributed by atoms with E-state index in [1.165, 1.54) is 16.3 Å². The summed E-state index contributed by atoms with van der Waals surface area (Å²) in [6.45, 7) is 2.96. The van der Waals surface area contributed by atoms with Crippen molar-refractivity contribution in [2.24, 2.45) is 18.9 Å². The van der Waals surface area contributed by atoms with Crippen LogP contribution in [0.1, 0.15) is 19.8 Å². The Kier molecular flexibility index (Phi) is 5.32. The zero-order valence-electron chi connectivity index (χ0n) is 14.9. The van der Waals surface area contributed by atoms with Crippen molar-refractivity contribution in [1.29, 1.82) is 0 Å². The molecular formula is C19H22ClN3O3. The summed E-state index contributed by atoms with van der Waals surface area (Å²) in [7, 11) is 1.59. The fraction of sp³-hybridized carbons (Fsp3) is 0.421. The van der Waals surface area contributed by atoms with E-state index in [0.717, 1.165) is 18.4 Å². The molecule has 7 heteroatoms. The summed E-state index contributed by atoms with van der Waals surface area (Å²) < 4.78 is 1.27. The van der Waals surface area contributed by atoms with Crippen molar-refractivity contribution in [1.82, 2.24) is 9.78 Å². The van der Waals surface area contributed by atoms with E-state index in [4.69, 9.17) is 11.6 Å². The van der Waals surface area contributed by atoms with Gasteiger partial charge in [0.05, 0.1) is 5.92 Å². The van der Waals surface area contributed by atoms with Gasteiger partial charge in [-0.25, -0.2) is 4.68 Å². The number of carboxylic acid groups (broad SMARTS) is 1. The van der Waals surface area contributed by atoms with E-state index >= 15 is 0 Å². The van der Waals surface area contributed by atoms with Gasteiger partial charge in [-0.3, -0.25) is 9.59 Å². The largest absolute Gasteiger partial charge is 0.481 e. The Morgan fingerprint density at radius 3 is 2.77 bits per heavy atom. The molecule has 1 fully saturated rings. The molecule has 0 spiro atoms. The Labute approximate surface area is 157 Å². The second-order valence-electron chi connectivity index (χ2n) is 6.81. The van der Waals surface area contributed by atoms with Crippen LogP contribution in [0.3, 0.4) is 0 Å². The van der Waals surface area contributed by atoms with Crippen LogP contribution >= 0.6 is 11.6 Å². The van der Waals surface area contributed by atoms with Crippen molar-refractivity contribution >= 4 is 23.4 Å². The third kappa shape index (κ3) is 3.75. The van der Waals surface area contributed by atoms with Crippen molar-refractivity contribution in [3.05, 3.63) is 56.9 Å². The SMILES string of the molecule is CC1=C([C@@H]2CN(c3ccc(=O)n(C)n3)C[C@H]2C(=O)O)C=CC(Cl)=CCC1. The molecule has 2 aliphatic rings. The molecule has 1 aliphatic carbocycles. The quantitative estimate of drug-likeness (QED) is 0.879. The van der Waals surface area contributed by atoms with Gasteiger partial charge in [0.1, 0.15) is 5.82 Å². The molecule has 1 aliphatic heterocycles. The highest BCUT2D eigenvalue weighted by atomic mass is 35.5. The first kappa shape index (κ1) is 18.5. The second-order valence-corrected chi connectivity index (χ2v) is 7.24. The molecule has 0 aromatic carbocycles. The molecule has 1 saturated heterocycles. The number of aromatic nitrogens is 2. The Bertz CT molecular complexity index is 869. The van der Waals surface area contributed by atoms with Crippen LogP contribution in [-0.4, -0.2) is 33.9 Å². The summed E-state index contributed by atoms with van der Waals surface area (Å²) >= 11 is 6.15. The number of anilines is 1. The molecule has 0 amide bonds. The number of aryl methyl sites for hydroxylation is 1. The molecule has 1 aromatic rings. The van der Waals surface area contributed by atoms with Crippen LogP contribution in [0.4, 0.5) is 5.82 Å². The molecule has 6 nitrogen and oxygen atoms in total. The van der Waals surface area contributed by atoms with Gasteiger partial charge in [-0.05, 0) is 37.5 Å². The van der Waals surface area contributed by atoms with Gasteiger partial charge in [0, 0.05) is 37.2 Å². The van der Waals surface area contributed by atoms with E-state index in [0.29, 0.717) is 23.9 Å². The predicted molar refractivity (Wildman–Crippen MR) is 101 cm³/mol. The Morgan fingerprint density at radius 1 is 1.31 bits per heavy atom. The summed E-state index contributed by atoms with van der Waals surface area (Å²) in [6, 6.07) is 3.11. The van der Waals surface area contributed by atoms with Crippen LogP contribution < -0.4 is 10.5 Å². The lowest BCUT2D eigenvalue weighted by Gasteiger charge is -2.21. The van der Waals surface area contributed by atoms with Crippen LogP contribution in [0.25, 0.3) is 0 Å². The topological polar surface area (TPSA) is 75.4 Å². The van der Waals surface area contributed by atoms with Crippen molar-refractivity contribution in [3.63, 3.8) is 0 Å². The maximum atomic E-state index is 11.9. The third-order valence-corrected chi connectivity index (χ3v) is 5.36. The lowest BCUT2D eigenvalue weighted by Crippen LogP contribution is -2.27. The molecule has 3 rings (SSSR count). The molecule has 0 saturated carbocycles. The Hall–Kier alpha value is -2.34. The lowest BCUT2D eigenvalue weighted by molar-refractivity contribution is -0.141. The van der Waals surface area contributed by atoms with E-state index in [9.17, 15) is 14.7 Å². The predicted octanol–water partition coefficient (Wildman–Crippen LogP) is 2.71. The van der Waals surface area contributed by atoms with Crippen molar-refractivity contribution in [2.45, 2.75) is 19.8 Å². The van der Waals surface area contributed by atoms with Crippen molar-refractivity contribution in [3.8, 4) is 0 Å². The number of hydrogen-bond acceptors (Lipinski definition) is 4. The van der Waals surface area contributed by atoms with Crippen LogP contribution in [0.2, 0.25) is 0 Å². The number of nitrogens with zero attached hydrogens (tertiary/aromatic N) is 3. The molecular weight excluding hydrogens is 354 g/mol. The maximum absolute atomic E-state index is 11.9. The smallest absolute Gasteiger partial charge is 0.308 e. The molecule has 2 atom stereocenters. The van der Waals surface area contributed by atoms with Gasteiger partial charge < -0.3 is 10.0 Å². The highest BCUT2D eigenvalue weighted by Crippen LogP contribution is 2.36. The number of carbonyl (C=O) groups is 1. The summed E-state index contributed by atoms with van der Waals surface area (Å²) in [5.41, 5.74) is 2.03. The minimum Gasteiger partial charge on any atom is -0.481 e. The minimum atomic E-state index is -0.820. The average Bonchev–Trinajstić information content (AvgIpc) is 3.01. The third-order valence-electron chi connectivity index (χ3n) is 5.08. The number of rotatable bonds is 3. The highest BCUT2D eigenvalue weighted by Gasteiger charge is 2.40. The van der Waals surface area contributed by atoms with Crippen LogP contribution in [0.5, 0.6) is 0 Å². The van der Waals surface area contributed by atoms with Gasteiger partial charge in [0.15, 0.2) is 0 Å². The summed E-state index contributed by atoms with van der Waals surface area (Å²) in [6.07, 6.45) is 7.46. The number of aliphatic carboxylic acids is 1. The normalized spacial score (nSPS) is 23.7. The summed E-state index contributed by atoms with van der Waals surface area (Å²) in [5, 5.41) is 14.7. The molecule has 2 heterocycles. The Morgan fingerprint density at radius 2 is 2.08 bits per heavy atom. The van der Waals surface area contributed by atoms with Crippen LogP contribution in [0, 0.1) is 11.8 Å². The fourth-order valence-electron chi connectivity index (χ4n) is 3.61. The van der Waals surface area contributed by atoms with Crippen molar-refractivity contribution < 1.29 is 9.90 Å². The summed E-state index contributed by atoms with van der Waals surface area (Å²) in [5.74, 6) is -0.886. The molecule has 1 N–H and O–H groups in total. The number of halogens is 1. The number of hydrogen-bond donors (Lipinski definition) is 1. The van der Waals surface area contributed by atoms with Gasteiger partial charge >= 0.3 is 5.97 Å². The van der Waals surface area contributed by atoms with Gasteiger partial charge in [-0.15, -0.1) is 0 Å². The number of allylic oxidation sites excluding steroid dienone is 5. The second kappa shape index (κ2) is 7.50. The van der Waals surface area contributed by atoms with Gasteiger partial charge in [0.2, 0.25) is 0 Å². The molecule has 0 bridgehead atoms. The van der Waals surface area contributed by atoms with Crippen LogP contribution in [-0.2, 0) is 11.8 Å². The van der Waals surface area contributed by atoms with E-state index in [-0.39, 0.29) is 11.5 Å². The minimum absolute atomic E-state index is 0.148. The first-order valence-corrected chi connectivity index (χ1v) is 9.00. The van der Waals surface area contributed by atoms with Gasteiger partial charge in [-0.2, -0.15) is 5.10 Å². The molecule has 138 valence electrons. The monoisotopic (exact) mass is 375 g/mol.